The molecular formula is C20H25BrOSi. The summed E-state index contributed by atoms with van der Waals surface area (Å²) in [5.41, 5.74) is 3.26. The molecule has 0 N–H and O–H groups in total. The molecule has 2 rings (SSSR count). The Morgan fingerprint density at radius 2 is 1.74 bits per heavy atom. The van der Waals surface area contributed by atoms with E-state index in [2.05, 4.69) is 73.7 Å². The van der Waals surface area contributed by atoms with Crippen LogP contribution in [0.25, 0.3) is 5.57 Å². The van der Waals surface area contributed by atoms with E-state index in [9.17, 15) is 0 Å². The van der Waals surface area contributed by atoms with E-state index in [1.54, 1.807) is 0 Å². The van der Waals surface area contributed by atoms with Crippen LogP contribution in [0.15, 0.2) is 59.6 Å². The van der Waals surface area contributed by atoms with Crippen molar-refractivity contribution in [2.45, 2.75) is 32.0 Å². The fourth-order valence-corrected chi connectivity index (χ4v) is 2.85. The molecule has 23 heavy (non-hydrogen) atoms. The van der Waals surface area contributed by atoms with E-state index in [0.717, 1.165) is 33.5 Å². The molecule has 0 aliphatic carbocycles. The molecule has 0 saturated carbocycles. The maximum Gasteiger partial charge on any atom is 0.119 e. The summed E-state index contributed by atoms with van der Waals surface area (Å²) in [5, 5.41) is 0.304. The van der Waals surface area contributed by atoms with E-state index < -0.39 is 8.80 Å². The van der Waals surface area contributed by atoms with Crippen LogP contribution in [0.1, 0.15) is 25.0 Å². The highest BCUT2D eigenvalue weighted by molar-refractivity contribution is 9.10. The van der Waals surface area contributed by atoms with Crippen LogP contribution in [0.3, 0.4) is 0 Å². The quantitative estimate of drug-likeness (QED) is 0.538. The lowest BCUT2D eigenvalue weighted by Crippen LogP contribution is -2.27. The largest absolute Gasteiger partial charge is 0.493 e. The third-order valence-electron chi connectivity index (χ3n) is 4.55. The predicted molar refractivity (Wildman–Crippen MR) is 107 cm³/mol. The Bertz CT molecular complexity index is 674. The predicted octanol–water partition coefficient (Wildman–Crippen LogP) is 6.16. The molecule has 3 heteroatoms. The first-order chi connectivity index (χ1) is 10.8. The van der Waals surface area contributed by atoms with E-state index in [0.29, 0.717) is 5.04 Å². The van der Waals surface area contributed by atoms with Gasteiger partial charge >= 0.3 is 0 Å². The first kappa shape index (κ1) is 18.0. The summed E-state index contributed by atoms with van der Waals surface area (Å²) < 4.78 is 7.06. The van der Waals surface area contributed by atoms with Crippen LogP contribution in [0.2, 0.25) is 18.1 Å². The molecule has 0 saturated heterocycles. The van der Waals surface area contributed by atoms with Crippen molar-refractivity contribution < 1.29 is 4.74 Å². The second kappa shape index (κ2) is 7.50. The molecule has 0 unspecified atom stereocenters. The zero-order valence-electron chi connectivity index (χ0n) is 14.4. The Hall–Kier alpha value is -1.32. The zero-order chi connectivity index (χ0) is 17.0. The van der Waals surface area contributed by atoms with Crippen LogP contribution in [0, 0.1) is 0 Å². The highest BCUT2D eigenvalue weighted by Gasteiger charge is 2.24. The van der Waals surface area contributed by atoms with Gasteiger partial charge in [0.25, 0.3) is 0 Å². The SMILES string of the molecule is C=C(c1ccc(OCC(C)(C)[SiH](C)C)cc1)c1cccc(Br)c1. The normalized spacial score (nSPS) is 11.6. The summed E-state index contributed by atoms with van der Waals surface area (Å²) in [7, 11) is -0.736. The van der Waals surface area contributed by atoms with Crippen molar-refractivity contribution in [3.05, 3.63) is 70.7 Å². The Morgan fingerprint density at radius 1 is 1.09 bits per heavy atom. The van der Waals surface area contributed by atoms with Gasteiger partial charge in [0.1, 0.15) is 5.75 Å². The summed E-state index contributed by atoms with van der Waals surface area (Å²) in [6, 6.07) is 16.5. The summed E-state index contributed by atoms with van der Waals surface area (Å²) in [6.07, 6.45) is 0. The number of rotatable bonds is 6. The van der Waals surface area contributed by atoms with Gasteiger partial charge in [0.15, 0.2) is 0 Å². The summed E-state index contributed by atoms with van der Waals surface area (Å²) >= 11 is 3.51. The second-order valence-corrected chi connectivity index (χ2v) is 11.7. The first-order valence-corrected chi connectivity index (χ1v) is 11.7. The van der Waals surface area contributed by atoms with Gasteiger partial charge in [-0.3, -0.25) is 0 Å². The lowest BCUT2D eigenvalue weighted by atomic mass is 10.00. The second-order valence-electron chi connectivity index (χ2n) is 6.95. The zero-order valence-corrected chi connectivity index (χ0v) is 17.1. The summed E-state index contributed by atoms with van der Waals surface area (Å²) in [4.78, 5) is 0. The summed E-state index contributed by atoms with van der Waals surface area (Å²) in [6.45, 7) is 14.3. The Morgan fingerprint density at radius 3 is 2.30 bits per heavy atom. The monoisotopic (exact) mass is 388 g/mol. The first-order valence-electron chi connectivity index (χ1n) is 7.97. The maximum absolute atomic E-state index is 5.99. The standard InChI is InChI=1S/C20H25BrOSi/c1-15(17-7-6-8-18(21)13-17)16-9-11-19(12-10-16)22-14-20(2,3)23(4)5/h6-13,23H,1,14H2,2-5H3. The Labute approximate surface area is 150 Å². The molecule has 2 aromatic carbocycles. The fourth-order valence-electron chi connectivity index (χ4n) is 2.03. The van der Waals surface area contributed by atoms with E-state index in [1.165, 1.54) is 0 Å². The average molecular weight is 389 g/mol. The molecule has 0 atom stereocenters. The van der Waals surface area contributed by atoms with Crippen molar-refractivity contribution in [2.75, 3.05) is 6.61 Å². The van der Waals surface area contributed by atoms with Gasteiger partial charge in [-0.15, -0.1) is 0 Å². The number of ether oxygens (including phenoxy) is 1. The van der Waals surface area contributed by atoms with Crippen molar-refractivity contribution >= 4 is 30.3 Å². The van der Waals surface area contributed by atoms with Crippen LogP contribution in [-0.4, -0.2) is 15.4 Å². The average Bonchev–Trinajstić information content (AvgIpc) is 2.52. The van der Waals surface area contributed by atoms with Gasteiger partial charge in [-0.1, -0.05) is 73.7 Å². The van der Waals surface area contributed by atoms with Crippen molar-refractivity contribution in [1.29, 1.82) is 0 Å². The van der Waals surface area contributed by atoms with Crippen molar-refractivity contribution in [2.24, 2.45) is 0 Å². The van der Waals surface area contributed by atoms with Gasteiger partial charge in [0, 0.05) is 13.3 Å². The molecule has 0 aromatic heterocycles. The highest BCUT2D eigenvalue weighted by Crippen LogP contribution is 2.30. The van der Waals surface area contributed by atoms with Crippen LogP contribution < -0.4 is 4.74 Å². The van der Waals surface area contributed by atoms with Crippen LogP contribution >= 0.6 is 15.9 Å². The van der Waals surface area contributed by atoms with E-state index in [4.69, 9.17) is 4.74 Å². The fraction of sp³-hybridized carbons (Fsp3) is 0.300. The molecule has 2 aromatic rings. The molecule has 0 radical (unpaired) electrons. The molecule has 0 aliphatic rings. The van der Waals surface area contributed by atoms with E-state index in [1.807, 2.05) is 24.3 Å². The van der Waals surface area contributed by atoms with Gasteiger partial charge < -0.3 is 4.74 Å². The minimum absolute atomic E-state index is 0.304. The molecule has 0 bridgehead atoms. The number of hydrogen-bond donors (Lipinski definition) is 0. The highest BCUT2D eigenvalue weighted by atomic mass is 79.9. The number of benzene rings is 2. The van der Waals surface area contributed by atoms with Gasteiger partial charge in [-0.2, -0.15) is 0 Å². The number of halogens is 1. The third-order valence-corrected chi connectivity index (χ3v) is 8.34. The molecule has 1 nitrogen and oxygen atoms in total. The topological polar surface area (TPSA) is 9.23 Å². The molecule has 0 heterocycles. The molecular weight excluding hydrogens is 364 g/mol. The van der Waals surface area contributed by atoms with Gasteiger partial charge in [0.05, 0.1) is 6.61 Å². The minimum atomic E-state index is -0.736. The molecule has 0 amide bonds. The minimum Gasteiger partial charge on any atom is -0.493 e. The lowest BCUT2D eigenvalue weighted by Gasteiger charge is -2.28. The Kier molecular flexibility index (Phi) is 5.87. The molecule has 0 fully saturated rings. The summed E-state index contributed by atoms with van der Waals surface area (Å²) in [5.74, 6) is 0.929. The number of hydrogen-bond acceptors (Lipinski definition) is 1. The lowest BCUT2D eigenvalue weighted by molar-refractivity contribution is 0.276. The molecule has 122 valence electrons. The van der Waals surface area contributed by atoms with Crippen LogP contribution in [-0.2, 0) is 0 Å². The van der Waals surface area contributed by atoms with Gasteiger partial charge in [0.2, 0.25) is 0 Å². The van der Waals surface area contributed by atoms with E-state index >= 15 is 0 Å². The van der Waals surface area contributed by atoms with Crippen LogP contribution in [0.5, 0.6) is 5.75 Å². The molecule has 0 spiro atoms. The van der Waals surface area contributed by atoms with Gasteiger partial charge in [-0.25, -0.2) is 0 Å². The maximum atomic E-state index is 5.99. The van der Waals surface area contributed by atoms with Crippen molar-refractivity contribution in [3.8, 4) is 5.75 Å². The smallest absolute Gasteiger partial charge is 0.119 e. The van der Waals surface area contributed by atoms with Crippen molar-refractivity contribution in [3.63, 3.8) is 0 Å². The van der Waals surface area contributed by atoms with Crippen LogP contribution in [0.4, 0.5) is 0 Å². The van der Waals surface area contributed by atoms with Crippen molar-refractivity contribution in [1.82, 2.24) is 0 Å². The van der Waals surface area contributed by atoms with Gasteiger partial charge in [-0.05, 0) is 46.0 Å². The van der Waals surface area contributed by atoms with E-state index in [-0.39, 0.29) is 0 Å². The third kappa shape index (κ3) is 4.82. The Balaban J connectivity index is 2.06. The molecule has 0 aliphatic heterocycles.